The molecule has 3 aromatic rings. The van der Waals surface area contributed by atoms with E-state index in [1.165, 1.54) is 18.0 Å². The lowest BCUT2D eigenvalue weighted by atomic mass is 10.2. The summed E-state index contributed by atoms with van der Waals surface area (Å²) in [5.74, 6) is 0.851. The highest BCUT2D eigenvalue weighted by Gasteiger charge is 2.14. The molecular weight excluding hydrogens is 439 g/mol. The average Bonchev–Trinajstić information content (AvgIpc) is 3.12. The lowest BCUT2D eigenvalue weighted by molar-refractivity contribution is -0.120. The fourth-order valence-corrected chi connectivity index (χ4v) is 3.77. The third-order valence-corrected chi connectivity index (χ3v) is 5.60. The number of nitrogens with zero attached hydrogens (tertiary/aromatic N) is 1. The van der Waals surface area contributed by atoms with E-state index < -0.39 is 0 Å². The van der Waals surface area contributed by atoms with E-state index in [0.29, 0.717) is 26.6 Å². The smallest absolute Gasteiger partial charge is 0.253 e. The molecule has 1 atom stereocenters. The standard InChI is InChI=1S/C20H15Cl3N2O2S/c1-12(28-16-6-2-13(21)3-7-16)20(26)25-24-11-15-5-9-19(27-15)17-8-4-14(22)10-18(17)23/h2-12H,1H3,(H,25,26)/b24-11-/t12-/m1/s1. The number of furan rings is 1. The van der Waals surface area contributed by atoms with Gasteiger partial charge in [0.15, 0.2) is 0 Å². The highest BCUT2D eigenvalue weighted by atomic mass is 35.5. The molecule has 8 heteroatoms. The molecule has 0 radical (unpaired) electrons. The van der Waals surface area contributed by atoms with Crippen molar-refractivity contribution in [1.82, 2.24) is 5.43 Å². The van der Waals surface area contributed by atoms with E-state index in [1.54, 1.807) is 49.4 Å². The van der Waals surface area contributed by atoms with Crippen molar-refractivity contribution in [3.05, 3.63) is 75.4 Å². The third kappa shape index (κ3) is 5.55. The number of carbonyl (C=O) groups excluding carboxylic acids is 1. The second kappa shape index (κ2) is 9.52. The molecule has 28 heavy (non-hydrogen) atoms. The fraction of sp³-hybridized carbons (Fsp3) is 0.100. The Balaban J connectivity index is 1.57. The molecule has 0 aliphatic carbocycles. The molecule has 0 aliphatic rings. The van der Waals surface area contributed by atoms with Crippen LogP contribution in [0.4, 0.5) is 0 Å². The highest BCUT2D eigenvalue weighted by Crippen LogP contribution is 2.31. The lowest BCUT2D eigenvalue weighted by Crippen LogP contribution is -2.26. The minimum absolute atomic E-state index is 0.219. The topological polar surface area (TPSA) is 54.6 Å². The summed E-state index contributed by atoms with van der Waals surface area (Å²) in [6.07, 6.45) is 1.44. The maximum Gasteiger partial charge on any atom is 0.253 e. The van der Waals surface area contributed by atoms with Crippen LogP contribution >= 0.6 is 46.6 Å². The average molecular weight is 454 g/mol. The van der Waals surface area contributed by atoms with E-state index in [2.05, 4.69) is 10.5 Å². The van der Waals surface area contributed by atoms with Crippen molar-refractivity contribution in [3.63, 3.8) is 0 Å². The van der Waals surface area contributed by atoms with Crippen molar-refractivity contribution >= 4 is 58.7 Å². The number of thioether (sulfide) groups is 1. The molecule has 2 aromatic carbocycles. The molecule has 0 saturated heterocycles. The number of carbonyl (C=O) groups is 1. The molecule has 1 amide bonds. The predicted molar refractivity (Wildman–Crippen MR) is 117 cm³/mol. The Labute approximate surface area is 181 Å². The molecule has 0 unspecified atom stereocenters. The molecule has 4 nitrogen and oxygen atoms in total. The van der Waals surface area contributed by atoms with Gasteiger partial charge in [0.25, 0.3) is 5.91 Å². The van der Waals surface area contributed by atoms with E-state index in [0.717, 1.165) is 10.5 Å². The van der Waals surface area contributed by atoms with Gasteiger partial charge in [-0.1, -0.05) is 34.8 Å². The molecule has 0 fully saturated rings. The Morgan fingerprint density at radius 3 is 2.50 bits per heavy atom. The second-order valence-corrected chi connectivity index (χ2v) is 8.47. The van der Waals surface area contributed by atoms with E-state index in [4.69, 9.17) is 39.2 Å². The van der Waals surface area contributed by atoms with Crippen LogP contribution in [0, 0.1) is 0 Å². The number of rotatable bonds is 6. The summed E-state index contributed by atoms with van der Waals surface area (Å²) < 4.78 is 5.69. The van der Waals surface area contributed by atoms with Crippen molar-refractivity contribution in [2.75, 3.05) is 0 Å². The van der Waals surface area contributed by atoms with Crippen molar-refractivity contribution in [3.8, 4) is 11.3 Å². The zero-order valence-electron chi connectivity index (χ0n) is 14.7. The first-order chi connectivity index (χ1) is 13.4. The Bertz CT molecular complexity index is 1000. The zero-order chi connectivity index (χ0) is 20.1. The maximum absolute atomic E-state index is 12.2. The summed E-state index contributed by atoms with van der Waals surface area (Å²) >= 11 is 19.4. The Hall–Kier alpha value is -1.92. The predicted octanol–water partition coefficient (Wildman–Crippen LogP) is 6.54. The van der Waals surface area contributed by atoms with E-state index in [1.807, 2.05) is 12.1 Å². The molecule has 3 rings (SSSR count). The quantitative estimate of drug-likeness (QED) is 0.262. The van der Waals surface area contributed by atoms with Gasteiger partial charge >= 0.3 is 0 Å². The van der Waals surface area contributed by atoms with Gasteiger partial charge in [0.1, 0.15) is 11.5 Å². The molecule has 0 spiro atoms. The molecule has 0 aliphatic heterocycles. The van der Waals surface area contributed by atoms with Gasteiger partial charge in [-0.25, -0.2) is 5.43 Å². The molecule has 1 N–H and O–H groups in total. The van der Waals surface area contributed by atoms with Gasteiger partial charge in [-0.15, -0.1) is 11.8 Å². The number of hydrazone groups is 1. The molecule has 144 valence electrons. The van der Waals surface area contributed by atoms with Crippen LogP contribution in [-0.2, 0) is 4.79 Å². The van der Waals surface area contributed by atoms with Gasteiger partial charge in [-0.3, -0.25) is 4.79 Å². The molecular formula is C20H15Cl3N2O2S. The maximum atomic E-state index is 12.2. The van der Waals surface area contributed by atoms with Gasteiger partial charge in [0, 0.05) is 20.5 Å². The first kappa shape index (κ1) is 20.8. The number of amides is 1. The van der Waals surface area contributed by atoms with Crippen LogP contribution in [0.25, 0.3) is 11.3 Å². The molecule has 1 heterocycles. The van der Waals surface area contributed by atoms with Crippen molar-refractivity contribution in [1.29, 1.82) is 0 Å². The second-order valence-electron chi connectivity index (χ2n) is 5.77. The molecule has 1 aromatic heterocycles. The van der Waals surface area contributed by atoms with Gasteiger partial charge in [-0.05, 0) is 61.5 Å². The zero-order valence-corrected chi connectivity index (χ0v) is 17.7. The summed E-state index contributed by atoms with van der Waals surface area (Å²) in [4.78, 5) is 13.1. The van der Waals surface area contributed by atoms with Crippen LogP contribution in [0.2, 0.25) is 15.1 Å². The van der Waals surface area contributed by atoms with Gasteiger partial charge in [0.05, 0.1) is 16.5 Å². The summed E-state index contributed by atoms with van der Waals surface area (Å²) in [5.41, 5.74) is 3.24. The highest BCUT2D eigenvalue weighted by molar-refractivity contribution is 8.00. The minimum Gasteiger partial charge on any atom is -0.455 e. The van der Waals surface area contributed by atoms with Crippen LogP contribution < -0.4 is 5.43 Å². The summed E-state index contributed by atoms with van der Waals surface area (Å²) in [5, 5.41) is 5.33. The molecule has 0 saturated carbocycles. The number of halogens is 3. The van der Waals surface area contributed by atoms with E-state index in [9.17, 15) is 4.79 Å². The van der Waals surface area contributed by atoms with E-state index in [-0.39, 0.29) is 11.2 Å². The van der Waals surface area contributed by atoms with Crippen molar-refractivity contribution < 1.29 is 9.21 Å². The van der Waals surface area contributed by atoms with Crippen LogP contribution in [0.5, 0.6) is 0 Å². The van der Waals surface area contributed by atoms with Crippen LogP contribution in [0.3, 0.4) is 0 Å². The fourth-order valence-electron chi connectivity index (χ4n) is 2.28. The normalized spacial score (nSPS) is 12.3. The first-order valence-corrected chi connectivity index (χ1v) is 10.2. The monoisotopic (exact) mass is 452 g/mol. The summed E-state index contributed by atoms with van der Waals surface area (Å²) in [7, 11) is 0. The van der Waals surface area contributed by atoms with Crippen molar-refractivity contribution in [2.24, 2.45) is 5.10 Å². The molecule has 0 bridgehead atoms. The third-order valence-electron chi connectivity index (χ3n) is 3.69. The number of nitrogens with one attached hydrogen (secondary N) is 1. The number of hydrogen-bond acceptors (Lipinski definition) is 4. The summed E-state index contributed by atoms with van der Waals surface area (Å²) in [6.45, 7) is 1.80. The van der Waals surface area contributed by atoms with E-state index >= 15 is 0 Å². The largest absolute Gasteiger partial charge is 0.455 e. The van der Waals surface area contributed by atoms with Crippen molar-refractivity contribution in [2.45, 2.75) is 17.1 Å². The Morgan fingerprint density at radius 2 is 1.79 bits per heavy atom. The Kier molecular flexibility index (Phi) is 7.08. The van der Waals surface area contributed by atoms with Crippen LogP contribution in [0.1, 0.15) is 12.7 Å². The minimum atomic E-state index is -0.321. The lowest BCUT2D eigenvalue weighted by Gasteiger charge is -2.09. The van der Waals surface area contributed by atoms with Gasteiger partial charge < -0.3 is 4.42 Å². The Morgan fingerprint density at radius 1 is 1.07 bits per heavy atom. The summed E-state index contributed by atoms with van der Waals surface area (Å²) in [6, 6.07) is 16.0. The van der Waals surface area contributed by atoms with Gasteiger partial charge in [0.2, 0.25) is 0 Å². The number of benzene rings is 2. The SMILES string of the molecule is C[C@@H](Sc1ccc(Cl)cc1)C(=O)N/N=C\c1ccc(-c2ccc(Cl)cc2Cl)o1. The van der Waals surface area contributed by atoms with Gasteiger partial charge in [-0.2, -0.15) is 5.10 Å². The van der Waals surface area contributed by atoms with Crippen LogP contribution in [-0.4, -0.2) is 17.4 Å². The number of hydrogen-bond donors (Lipinski definition) is 1. The first-order valence-electron chi connectivity index (χ1n) is 8.23. The van der Waals surface area contributed by atoms with Crippen LogP contribution in [0.15, 0.2) is 69.0 Å².